The van der Waals surface area contributed by atoms with E-state index in [4.69, 9.17) is 13.9 Å². The predicted molar refractivity (Wildman–Crippen MR) is 141 cm³/mol. The van der Waals surface area contributed by atoms with Gasteiger partial charge in [-0.15, -0.1) is 0 Å². The molecule has 5 rings (SSSR count). The number of nitrogens with zero attached hydrogens (tertiary/aromatic N) is 2. The van der Waals surface area contributed by atoms with Crippen molar-refractivity contribution in [2.75, 3.05) is 25.6 Å². The van der Waals surface area contributed by atoms with Gasteiger partial charge in [0.15, 0.2) is 5.58 Å². The van der Waals surface area contributed by atoms with E-state index in [2.05, 4.69) is 10.3 Å². The zero-order valence-electron chi connectivity index (χ0n) is 22.1. The molecule has 1 saturated carbocycles. The van der Waals surface area contributed by atoms with Crippen LogP contribution in [0.15, 0.2) is 40.8 Å². The Kier molecular flexibility index (Phi) is 8.11. The van der Waals surface area contributed by atoms with Gasteiger partial charge in [-0.3, -0.25) is 9.59 Å². The number of hydrogen-bond acceptors (Lipinski definition) is 7. The Bertz CT molecular complexity index is 1340. The number of alkyl halides is 1. The third kappa shape index (κ3) is 6.38. The minimum atomic E-state index is -1.09. The van der Waals surface area contributed by atoms with Crippen LogP contribution in [0.2, 0.25) is 0 Å². The molecule has 0 bridgehead atoms. The number of nitrogens with one attached hydrogen (secondary N) is 1. The van der Waals surface area contributed by atoms with E-state index in [1.807, 2.05) is 6.92 Å². The van der Waals surface area contributed by atoms with Crippen molar-refractivity contribution in [1.82, 2.24) is 9.88 Å². The Morgan fingerprint density at radius 1 is 1.15 bits per heavy atom. The van der Waals surface area contributed by atoms with Gasteiger partial charge >= 0.3 is 5.97 Å². The Hall–Kier alpha value is -3.53. The van der Waals surface area contributed by atoms with Crippen molar-refractivity contribution in [2.24, 2.45) is 5.92 Å². The van der Waals surface area contributed by atoms with E-state index >= 15 is 0 Å². The van der Waals surface area contributed by atoms with E-state index in [9.17, 15) is 18.4 Å². The molecule has 1 amide bonds. The van der Waals surface area contributed by atoms with Gasteiger partial charge < -0.3 is 24.1 Å². The highest BCUT2D eigenvalue weighted by molar-refractivity contribution is 5.82. The number of amides is 1. The van der Waals surface area contributed by atoms with Crippen molar-refractivity contribution in [3.05, 3.63) is 53.3 Å². The topological polar surface area (TPSA) is 93.9 Å². The number of carbonyl (C=O) groups excluding carboxylic acids is 2. The molecule has 2 atom stereocenters. The summed E-state index contributed by atoms with van der Waals surface area (Å²) in [6.45, 7) is 2.17. The van der Waals surface area contributed by atoms with Crippen molar-refractivity contribution in [3.8, 4) is 0 Å². The van der Waals surface area contributed by atoms with Gasteiger partial charge in [-0.05, 0) is 68.0 Å². The van der Waals surface area contributed by atoms with Crippen molar-refractivity contribution in [1.29, 1.82) is 0 Å². The third-order valence-corrected chi connectivity index (χ3v) is 7.67. The highest BCUT2D eigenvalue weighted by Gasteiger charge is 2.36. The van der Waals surface area contributed by atoms with Crippen LogP contribution in [0.5, 0.6) is 0 Å². The maximum Gasteiger partial charge on any atom is 0.308 e. The van der Waals surface area contributed by atoms with Crippen molar-refractivity contribution in [2.45, 2.75) is 63.8 Å². The summed E-state index contributed by atoms with van der Waals surface area (Å²) < 4.78 is 44.7. The van der Waals surface area contributed by atoms with E-state index in [1.165, 1.54) is 19.2 Å². The molecule has 0 spiro atoms. The first-order valence-electron chi connectivity index (χ1n) is 13.3. The number of aryl methyl sites for hydroxylation is 1. The summed E-state index contributed by atoms with van der Waals surface area (Å²) in [7, 11) is 1.40. The van der Waals surface area contributed by atoms with Crippen LogP contribution >= 0.6 is 0 Å². The van der Waals surface area contributed by atoms with E-state index < -0.39 is 6.17 Å². The highest BCUT2D eigenvalue weighted by atomic mass is 19.1. The maximum atomic E-state index is 14.4. The molecule has 2 fully saturated rings. The van der Waals surface area contributed by atoms with Crippen LogP contribution in [0.25, 0.3) is 11.1 Å². The molecule has 208 valence electrons. The molecule has 39 heavy (non-hydrogen) atoms. The average molecular weight is 542 g/mol. The van der Waals surface area contributed by atoms with Crippen molar-refractivity contribution in [3.63, 3.8) is 0 Å². The number of anilines is 2. The van der Waals surface area contributed by atoms with Gasteiger partial charge in [-0.1, -0.05) is 12.1 Å². The standard InChI is InChI=1S/C29H33F2N3O5/c1-17-3-7-20(30)14-25(17)33-29-32-24-10-4-18(11-26(24)39-29)12-27(35)34-15-21(31)13-22(34)16-38-23-8-5-19(6-9-23)28(36)37-2/h3-4,7,10-11,14,19,21-23H,5-6,8-9,12-13,15-16H2,1-2H3,(H,32,33)/t19-,21-,22-,23-/m0/s1. The lowest BCUT2D eigenvalue weighted by Crippen LogP contribution is -2.40. The van der Waals surface area contributed by atoms with Crippen LogP contribution in [-0.4, -0.2) is 60.3 Å². The summed E-state index contributed by atoms with van der Waals surface area (Å²) in [6.07, 6.45) is 2.15. The first-order valence-corrected chi connectivity index (χ1v) is 13.3. The van der Waals surface area contributed by atoms with E-state index in [1.54, 1.807) is 29.2 Å². The van der Waals surface area contributed by atoms with Gasteiger partial charge in [0.25, 0.3) is 6.01 Å². The Labute approximate surface area is 225 Å². The Morgan fingerprint density at radius 2 is 1.95 bits per heavy atom. The minimum Gasteiger partial charge on any atom is -0.469 e. The normalized spacial score (nSPS) is 23.2. The molecule has 8 nitrogen and oxygen atoms in total. The summed E-state index contributed by atoms with van der Waals surface area (Å²) in [6, 6.07) is 9.62. The molecule has 2 aromatic carbocycles. The first-order chi connectivity index (χ1) is 18.8. The van der Waals surface area contributed by atoms with Crippen LogP contribution in [0, 0.1) is 18.7 Å². The molecular weight excluding hydrogens is 508 g/mol. The molecular formula is C29H33F2N3O5. The first kappa shape index (κ1) is 27.1. The van der Waals surface area contributed by atoms with Crippen molar-refractivity contribution >= 4 is 34.7 Å². The summed E-state index contributed by atoms with van der Waals surface area (Å²) >= 11 is 0. The van der Waals surface area contributed by atoms with Gasteiger partial charge in [0.1, 0.15) is 17.5 Å². The van der Waals surface area contributed by atoms with Crippen LogP contribution in [-0.2, 0) is 25.5 Å². The molecule has 10 heteroatoms. The fourth-order valence-corrected chi connectivity index (χ4v) is 5.45. The molecule has 1 aromatic heterocycles. The number of ether oxygens (including phenoxy) is 2. The van der Waals surface area contributed by atoms with Gasteiger partial charge in [-0.2, -0.15) is 4.98 Å². The lowest BCUT2D eigenvalue weighted by atomic mass is 9.87. The largest absolute Gasteiger partial charge is 0.469 e. The van der Waals surface area contributed by atoms with Gasteiger partial charge in [-0.25, -0.2) is 8.78 Å². The number of halogens is 2. The van der Waals surface area contributed by atoms with Crippen LogP contribution in [0.4, 0.5) is 20.5 Å². The number of likely N-dealkylation sites (tertiary alicyclic amines) is 1. The Morgan fingerprint density at radius 3 is 2.72 bits per heavy atom. The fraction of sp³-hybridized carbons (Fsp3) is 0.483. The summed E-state index contributed by atoms with van der Waals surface area (Å²) in [4.78, 5) is 30.9. The minimum absolute atomic E-state index is 0.00523. The number of fused-ring (bicyclic) bond motifs is 1. The second kappa shape index (κ2) is 11.7. The van der Waals surface area contributed by atoms with Gasteiger partial charge in [0.2, 0.25) is 5.91 Å². The predicted octanol–water partition coefficient (Wildman–Crippen LogP) is 5.25. The number of oxazole rings is 1. The number of aromatic nitrogens is 1. The fourth-order valence-electron chi connectivity index (χ4n) is 5.45. The molecule has 2 aliphatic rings. The molecule has 2 heterocycles. The van der Waals surface area contributed by atoms with Crippen LogP contribution < -0.4 is 5.32 Å². The van der Waals surface area contributed by atoms with Crippen LogP contribution in [0.3, 0.4) is 0 Å². The number of hydrogen-bond donors (Lipinski definition) is 1. The number of methoxy groups -OCH3 is 1. The molecule has 1 N–H and O–H groups in total. The smallest absolute Gasteiger partial charge is 0.308 e. The van der Waals surface area contributed by atoms with Gasteiger partial charge in [0, 0.05) is 12.1 Å². The quantitative estimate of drug-likeness (QED) is 0.390. The molecule has 1 aliphatic heterocycles. The van der Waals surface area contributed by atoms with Crippen molar-refractivity contribution < 1.29 is 32.3 Å². The second-order valence-corrected chi connectivity index (χ2v) is 10.4. The lowest BCUT2D eigenvalue weighted by molar-refractivity contribution is -0.148. The molecule has 3 aromatic rings. The van der Waals surface area contributed by atoms with Crippen LogP contribution in [0.1, 0.15) is 43.2 Å². The lowest BCUT2D eigenvalue weighted by Gasteiger charge is -2.30. The third-order valence-electron chi connectivity index (χ3n) is 7.67. The van der Waals surface area contributed by atoms with E-state index in [0.717, 1.165) is 24.0 Å². The maximum absolute atomic E-state index is 14.4. The van der Waals surface area contributed by atoms with E-state index in [0.29, 0.717) is 29.6 Å². The highest BCUT2D eigenvalue weighted by Crippen LogP contribution is 2.30. The van der Waals surface area contributed by atoms with Gasteiger partial charge in [0.05, 0.1) is 44.7 Å². The zero-order chi connectivity index (χ0) is 27.5. The number of carbonyl (C=O) groups is 2. The number of rotatable bonds is 8. The molecule has 1 aliphatic carbocycles. The molecule has 0 unspecified atom stereocenters. The molecule has 1 saturated heterocycles. The zero-order valence-corrected chi connectivity index (χ0v) is 22.1. The second-order valence-electron chi connectivity index (χ2n) is 10.4. The van der Waals surface area contributed by atoms with E-state index in [-0.39, 0.29) is 67.8 Å². The number of benzene rings is 2. The SMILES string of the molecule is COC(=O)[C@H]1CC[C@H](OC[C@@H]2C[C@H](F)CN2C(=O)Cc2ccc3nc(Nc4cc(F)ccc4C)oc3c2)CC1. The Balaban J connectivity index is 1.18. The summed E-state index contributed by atoms with van der Waals surface area (Å²) in [5.41, 5.74) is 3.20. The monoisotopic (exact) mass is 541 g/mol. The summed E-state index contributed by atoms with van der Waals surface area (Å²) in [5.74, 6) is -0.814. The molecule has 0 radical (unpaired) electrons. The average Bonchev–Trinajstić information content (AvgIpc) is 3.51. The number of esters is 1. The summed E-state index contributed by atoms with van der Waals surface area (Å²) in [5, 5.41) is 3.00.